The van der Waals surface area contributed by atoms with Crippen molar-refractivity contribution in [1.29, 1.82) is 0 Å². The zero-order chi connectivity index (χ0) is 12.3. The standard InChI is InChI=1S/C14H18O2Si/c1-11(15-2)16-17(3)14-10-6-8-12-7-4-5-9-13(12)14/h4-11,17H,1-3H3. The van der Waals surface area contributed by atoms with E-state index in [2.05, 4.69) is 49.0 Å². The molecule has 0 aliphatic carbocycles. The molecule has 2 nitrogen and oxygen atoms in total. The number of ether oxygens (including phenoxy) is 1. The van der Waals surface area contributed by atoms with Gasteiger partial charge in [-0.25, -0.2) is 0 Å². The number of methoxy groups -OCH3 is 1. The molecule has 17 heavy (non-hydrogen) atoms. The van der Waals surface area contributed by atoms with Crippen molar-refractivity contribution in [2.75, 3.05) is 7.11 Å². The Bertz CT molecular complexity index is 493. The van der Waals surface area contributed by atoms with Gasteiger partial charge in [0.25, 0.3) is 0 Å². The Balaban J connectivity index is 2.34. The second-order valence-electron chi connectivity index (χ2n) is 4.15. The van der Waals surface area contributed by atoms with E-state index in [-0.39, 0.29) is 6.29 Å². The topological polar surface area (TPSA) is 18.5 Å². The molecule has 2 aromatic rings. The lowest BCUT2D eigenvalue weighted by atomic mass is 10.1. The average molecular weight is 246 g/mol. The second kappa shape index (κ2) is 5.45. The van der Waals surface area contributed by atoms with Gasteiger partial charge in [-0.05, 0) is 29.4 Å². The summed E-state index contributed by atoms with van der Waals surface area (Å²) in [4.78, 5) is 0. The highest BCUT2D eigenvalue weighted by molar-refractivity contribution is 6.68. The Morgan fingerprint density at radius 1 is 1.06 bits per heavy atom. The molecule has 0 fully saturated rings. The molecular weight excluding hydrogens is 228 g/mol. The molecule has 0 radical (unpaired) electrons. The maximum atomic E-state index is 5.91. The summed E-state index contributed by atoms with van der Waals surface area (Å²) in [7, 11) is 0.264. The number of benzene rings is 2. The van der Waals surface area contributed by atoms with Crippen LogP contribution in [0.3, 0.4) is 0 Å². The molecule has 0 saturated heterocycles. The van der Waals surface area contributed by atoms with Crippen LogP contribution in [0, 0.1) is 0 Å². The predicted octanol–water partition coefficient (Wildman–Crippen LogP) is 2.41. The zero-order valence-electron chi connectivity index (χ0n) is 10.5. The summed E-state index contributed by atoms with van der Waals surface area (Å²) in [5.74, 6) is 0. The van der Waals surface area contributed by atoms with Crippen LogP contribution in [-0.4, -0.2) is 22.4 Å². The van der Waals surface area contributed by atoms with Crippen LogP contribution in [0.5, 0.6) is 0 Å². The molecule has 90 valence electrons. The lowest BCUT2D eigenvalue weighted by Gasteiger charge is -2.18. The van der Waals surface area contributed by atoms with Crippen molar-refractivity contribution in [2.24, 2.45) is 0 Å². The lowest BCUT2D eigenvalue weighted by Crippen LogP contribution is -2.34. The summed E-state index contributed by atoms with van der Waals surface area (Å²) < 4.78 is 11.1. The third-order valence-corrected chi connectivity index (χ3v) is 5.16. The van der Waals surface area contributed by atoms with Gasteiger partial charge in [-0.2, -0.15) is 0 Å². The van der Waals surface area contributed by atoms with Crippen molar-refractivity contribution >= 4 is 25.0 Å². The van der Waals surface area contributed by atoms with Crippen LogP contribution >= 0.6 is 0 Å². The molecule has 2 rings (SSSR count). The molecule has 2 atom stereocenters. The third-order valence-electron chi connectivity index (χ3n) is 2.99. The fraction of sp³-hybridized carbons (Fsp3) is 0.286. The molecule has 0 spiro atoms. The first kappa shape index (κ1) is 12.3. The summed E-state index contributed by atoms with van der Waals surface area (Å²) in [5.41, 5.74) is 0. The maximum absolute atomic E-state index is 5.91. The third kappa shape index (κ3) is 2.75. The van der Waals surface area contributed by atoms with Crippen molar-refractivity contribution in [3.8, 4) is 0 Å². The summed E-state index contributed by atoms with van der Waals surface area (Å²) >= 11 is 0. The minimum atomic E-state index is -1.41. The Hall–Kier alpha value is -1.16. The Morgan fingerprint density at radius 3 is 2.53 bits per heavy atom. The lowest BCUT2D eigenvalue weighted by molar-refractivity contribution is -0.0390. The Morgan fingerprint density at radius 2 is 1.76 bits per heavy atom. The van der Waals surface area contributed by atoms with Crippen LogP contribution in [0.25, 0.3) is 10.8 Å². The van der Waals surface area contributed by atoms with E-state index in [1.54, 1.807) is 7.11 Å². The molecule has 0 N–H and O–H groups in total. The van der Waals surface area contributed by atoms with Gasteiger partial charge in [-0.3, -0.25) is 0 Å². The molecule has 0 heterocycles. The minimum Gasteiger partial charge on any atom is -0.391 e. The molecule has 0 bridgehead atoms. The van der Waals surface area contributed by atoms with Gasteiger partial charge < -0.3 is 9.16 Å². The van der Waals surface area contributed by atoms with Gasteiger partial charge in [0, 0.05) is 7.11 Å². The van der Waals surface area contributed by atoms with E-state index in [1.807, 2.05) is 6.92 Å². The van der Waals surface area contributed by atoms with Crippen LogP contribution < -0.4 is 5.19 Å². The highest BCUT2D eigenvalue weighted by atomic mass is 28.3. The smallest absolute Gasteiger partial charge is 0.209 e. The van der Waals surface area contributed by atoms with Crippen molar-refractivity contribution in [3.63, 3.8) is 0 Å². The van der Waals surface area contributed by atoms with Crippen LogP contribution in [0.4, 0.5) is 0 Å². The normalized spacial score (nSPS) is 14.8. The fourth-order valence-electron chi connectivity index (χ4n) is 2.02. The van der Waals surface area contributed by atoms with Crippen LogP contribution in [0.15, 0.2) is 42.5 Å². The van der Waals surface area contributed by atoms with Crippen LogP contribution in [0.2, 0.25) is 6.55 Å². The van der Waals surface area contributed by atoms with Gasteiger partial charge >= 0.3 is 0 Å². The van der Waals surface area contributed by atoms with Crippen molar-refractivity contribution in [3.05, 3.63) is 42.5 Å². The van der Waals surface area contributed by atoms with Gasteiger partial charge in [-0.1, -0.05) is 42.5 Å². The first-order chi connectivity index (χ1) is 8.22. The minimum absolute atomic E-state index is 0.129. The summed E-state index contributed by atoms with van der Waals surface area (Å²) in [5, 5.41) is 3.92. The van der Waals surface area contributed by atoms with E-state index in [1.165, 1.54) is 16.0 Å². The van der Waals surface area contributed by atoms with Crippen LogP contribution in [-0.2, 0) is 9.16 Å². The first-order valence-corrected chi connectivity index (χ1v) is 8.08. The highest BCUT2D eigenvalue weighted by Crippen LogP contribution is 2.12. The van der Waals surface area contributed by atoms with Crippen LogP contribution in [0.1, 0.15) is 6.92 Å². The van der Waals surface area contributed by atoms with E-state index in [0.29, 0.717) is 0 Å². The Labute approximate surface area is 104 Å². The number of hydrogen-bond acceptors (Lipinski definition) is 2. The Kier molecular flexibility index (Phi) is 3.94. The average Bonchev–Trinajstić information content (AvgIpc) is 2.37. The number of fused-ring (bicyclic) bond motifs is 1. The van der Waals surface area contributed by atoms with Crippen molar-refractivity contribution in [2.45, 2.75) is 19.8 Å². The largest absolute Gasteiger partial charge is 0.391 e. The molecular formula is C14H18O2Si. The quantitative estimate of drug-likeness (QED) is 0.609. The summed E-state index contributed by atoms with van der Waals surface area (Å²) in [6, 6.07) is 14.8. The molecule has 3 heteroatoms. The van der Waals surface area contributed by atoms with Crippen molar-refractivity contribution < 1.29 is 9.16 Å². The highest BCUT2D eigenvalue weighted by Gasteiger charge is 2.14. The number of hydrogen-bond donors (Lipinski definition) is 0. The van der Waals surface area contributed by atoms with Gasteiger partial charge in [0.2, 0.25) is 9.04 Å². The molecule has 0 aliphatic heterocycles. The zero-order valence-corrected chi connectivity index (χ0v) is 11.7. The van der Waals surface area contributed by atoms with E-state index in [9.17, 15) is 0 Å². The van der Waals surface area contributed by atoms with Gasteiger partial charge in [0.15, 0.2) is 0 Å². The predicted molar refractivity (Wildman–Crippen MR) is 74.2 cm³/mol. The molecule has 0 aliphatic rings. The van der Waals surface area contributed by atoms with E-state index in [0.717, 1.165) is 0 Å². The van der Waals surface area contributed by atoms with Gasteiger partial charge in [-0.15, -0.1) is 0 Å². The summed E-state index contributed by atoms with van der Waals surface area (Å²) in [6.45, 7) is 4.13. The van der Waals surface area contributed by atoms with Gasteiger partial charge in [0.05, 0.1) is 0 Å². The SMILES string of the molecule is COC(C)O[SiH](C)c1cccc2ccccc12. The molecule has 0 amide bonds. The first-order valence-electron chi connectivity index (χ1n) is 5.88. The fourth-order valence-corrected chi connectivity index (χ4v) is 3.94. The van der Waals surface area contributed by atoms with E-state index >= 15 is 0 Å². The summed E-state index contributed by atoms with van der Waals surface area (Å²) in [6.07, 6.45) is -0.129. The van der Waals surface area contributed by atoms with E-state index < -0.39 is 9.04 Å². The molecule has 2 aromatic carbocycles. The molecule has 2 unspecified atom stereocenters. The van der Waals surface area contributed by atoms with Crippen molar-refractivity contribution in [1.82, 2.24) is 0 Å². The maximum Gasteiger partial charge on any atom is 0.209 e. The molecule has 0 saturated carbocycles. The van der Waals surface area contributed by atoms with E-state index in [4.69, 9.17) is 9.16 Å². The monoisotopic (exact) mass is 246 g/mol. The second-order valence-corrected chi connectivity index (χ2v) is 6.33. The molecule has 0 aromatic heterocycles. The number of rotatable bonds is 4. The van der Waals surface area contributed by atoms with Gasteiger partial charge in [0.1, 0.15) is 6.29 Å².